The number of amides is 1. The molecule has 0 aromatic carbocycles. The van der Waals surface area contributed by atoms with E-state index in [4.69, 9.17) is 4.42 Å². The molecule has 3 rings (SSSR count). The zero-order chi connectivity index (χ0) is 17.7. The first-order chi connectivity index (χ1) is 12.1. The number of hydrogen-bond acceptors (Lipinski definition) is 6. The number of rotatable bonds is 7. The quantitative estimate of drug-likeness (QED) is 0.765. The van der Waals surface area contributed by atoms with Crippen LogP contribution in [0.1, 0.15) is 18.6 Å². The maximum atomic E-state index is 12.4. The Morgan fingerprint density at radius 2 is 2.04 bits per heavy atom. The molecule has 0 bridgehead atoms. The molecule has 3 heterocycles. The molecule has 1 aliphatic heterocycles. The Morgan fingerprint density at radius 1 is 1.24 bits per heavy atom. The summed E-state index contributed by atoms with van der Waals surface area (Å²) in [5.41, 5.74) is 0. The molecule has 1 saturated heterocycles. The summed E-state index contributed by atoms with van der Waals surface area (Å²) in [6, 6.07) is 6.59. The van der Waals surface area contributed by atoms with Crippen LogP contribution < -0.4 is 10.6 Å². The van der Waals surface area contributed by atoms with E-state index in [-0.39, 0.29) is 17.3 Å². The van der Waals surface area contributed by atoms with E-state index in [9.17, 15) is 13.2 Å². The van der Waals surface area contributed by atoms with Crippen molar-refractivity contribution in [1.29, 1.82) is 0 Å². The molecule has 25 heavy (non-hydrogen) atoms. The summed E-state index contributed by atoms with van der Waals surface area (Å²) in [6.07, 6.45) is 4.64. The van der Waals surface area contributed by atoms with Gasteiger partial charge in [-0.15, -0.1) is 0 Å². The van der Waals surface area contributed by atoms with Gasteiger partial charge in [0, 0.05) is 19.3 Å². The summed E-state index contributed by atoms with van der Waals surface area (Å²) in [5, 5.41) is 5.56. The van der Waals surface area contributed by atoms with Gasteiger partial charge < -0.3 is 15.1 Å². The first-order valence-corrected chi connectivity index (χ1v) is 9.49. The van der Waals surface area contributed by atoms with Crippen LogP contribution in [0.15, 0.2) is 46.0 Å². The molecule has 0 spiro atoms. The predicted molar refractivity (Wildman–Crippen MR) is 91.3 cm³/mol. The van der Waals surface area contributed by atoms with Gasteiger partial charge in [0.05, 0.1) is 19.4 Å². The molecule has 0 atom stereocenters. The zero-order valence-electron chi connectivity index (χ0n) is 13.6. The van der Waals surface area contributed by atoms with E-state index in [0.29, 0.717) is 31.2 Å². The highest BCUT2D eigenvalue weighted by Crippen LogP contribution is 2.20. The summed E-state index contributed by atoms with van der Waals surface area (Å²) >= 11 is 0. The van der Waals surface area contributed by atoms with Gasteiger partial charge in [-0.3, -0.25) is 4.79 Å². The second-order valence-electron chi connectivity index (χ2n) is 5.70. The van der Waals surface area contributed by atoms with Crippen molar-refractivity contribution in [2.75, 3.05) is 25.0 Å². The van der Waals surface area contributed by atoms with Crippen LogP contribution in [0.2, 0.25) is 0 Å². The van der Waals surface area contributed by atoms with Crippen molar-refractivity contribution < 1.29 is 17.6 Å². The smallest absolute Gasteiger partial charge is 0.244 e. The highest BCUT2D eigenvalue weighted by atomic mass is 32.2. The van der Waals surface area contributed by atoms with Crippen LogP contribution in [0.4, 0.5) is 5.82 Å². The molecule has 0 saturated carbocycles. The fraction of sp³-hybridized carbons (Fsp3) is 0.375. The van der Waals surface area contributed by atoms with E-state index in [1.165, 1.54) is 16.6 Å². The Kier molecular flexibility index (Phi) is 5.34. The lowest BCUT2D eigenvalue weighted by Crippen LogP contribution is -2.29. The largest absolute Gasteiger partial charge is 0.467 e. The van der Waals surface area contributed by atoms with Gasteiger partial charge in [0.15, 0.2) is 0 Å². The molecule has 8 nitrogen and oxygen atoms in total. The Bertz CT molecular complexity index is 797. The van der Waals surface area contributed by atoms with E-state index in [0.717, 1.165) is 12.8 Å². The average Bonchev–Trinajstić information content (AvgIpc) is 3.32. The van der Waals surface area contributed by atoms with Crippen LogP contribution in [0.3, 0.4) is 0 Å². The van der Waals surface area contributed by atoms with Crippen molar-refractivity contribution in [3.05, 3.63) is 42.5 Å². The summed E-state index contributed by atoms with van der Waals surface area (Å²) in [4.78, 5) is 16.0. The van der Waals surface area contributed by atoms with Crippen LogP contribution >= 0.6 is 0 Å². The molecular formula is C16H20N4O4S. The fourth-order valence-electron chi connectivity index (χ4n) is 2.55. The minimum absolute atomic E-state index is 0.0337. The molecule has 0 aliphatic carbocycles. The van der Waals surface area contributed by atoms with E-state index in [1.54, 1.807) is 24.5 Å². The summed E-state index contributed by atoms with van der Waals surface area (Å²) in [7, 11) is -3.47. The number of anilines is 1. The number of sulfonamides is 1. The average molecular weight is 364 g/mol. The standard InChI is InChI=1S/C16H20N4O4S/c21-16(19-10-13-4-3-9-24-13)12-18-15-6-5-14(11-17-15)25(22,23)20-7-1-2-8-20/h3-6,9,11H,1-2,7-8,10,12H2,(H,17,18)(H,19,21). The molecule has 134 valence electrons. The number of pyridine rings is 1. The van der Waals surface area contributed by atoms with Gasteiger partial charge in [-0.1, -0.05) is 0 Å². The molecule has 2 N–H and O–H groups in total. The lowest BCUT2D eigenvalue weighted by Gasteiger charge is -2.15. The Morgan fingerprint density at radius 3 is 2.68 bits per heavy atom. The molecule has 0 unspecified atom stereocenters. The first kappa shape index (κ1) is 17.4. The van der Waals surface area contributed by atoms with Crippen molar-refractivity contribution in [2.45, 2.75) is 24.3 Å². The zero-order valence-corrected chi connectivity index (χ0v) is 14.5. The van der Waals surface area contributed by atoms with Crippen molar-refractivity contribution >= 4 is 21.7 Å². The predicted octanol–water partition coefficient (Wildman–Crippen LogP) is 1.19. The van der Waals surface area contributed by atoms with Gasteiger partial charge in [0.1, 0.15) is 16.5 Å². The lowest BCUT2D eigenvalue weighted by atomic mass is 10.4. The van der Waals surface area contributed by atoms with Crippen LogP contribution in [0.5, 0.6) is 0 Å². The Hall–Kier alpha value is -2.39. The second-order valence-corrected chi connectivity index (χ2v) is 7.64. The summed E-state index contributed by atoms with van der Waals surface area (Å²) in [6.45, 7) is 1.45. The SMILES string of the molecule is O=C(CNc1ccc(S(=O)(=O)N2CCCC2)cn1)NCc1ccco1. The van der Waals surface area contributed by atoms with Gasteiger partial charge >= 0.3 is 0 Å². The van der Waals surface area contributed by atoms with E-state index in [1.807, 2.05) is 0 Å². The molecule has 1 fully saturated rings. The third-order valence-electron chi connectivity index (χ3n) is 3.91. The van der Waals surface area contributed by atoms with Crippen LogP contribution in [0.25, 0.3) is 0 Å². The van der Waals surface area contributed by atoms with Gasteiger partial charge in [0.2, 0.25) is 15.9 Å². The number of hydrogen-bond donors (Lipinski definition) is 2. The maximum absolute atomic E-state index is 12.4. The number of furan rings is 1. The molecule has 2 aromatic rings. The molecule has 1 aliphatic rings. The number of carbonyl (C=O) groups excluding carboxylic acids is 1. The molecule has 1 amide bonds. The van der Waals surface area contributed by atoms with E-state index < -0.39 is 10.0 Å². The van der Waals surface area contributed by atoms with Crippen molar-refractivity contribution in [1.82, 2.24) is 14.6 Å². The van der Waals surface area contributed by atoms with Gasteiger partial charge in [0.25, 0.3) is 0 Å². The summed E-state index contributed by atoms with van der Waals surface area (Å²) < 4.78 is 31.4. The normalized spacial score (nSPS) is 15.2. The highest BCUT2D eigenvalue weighted by Gasteiger charge is 2.27. The van der Waals surface area contributed by atoms with Crippen molar-refractivity contribution in [3.63, 3.8) is 0 Å². The van der Waals surface area contributed by atoms with Crippen LogP contribution in [-0.2, 0) is 21.4 Å². The fourth-order valence-corrected chi connectivity index (χ4v) is 4.01. The van der Waals surface area contributed by atoms with Crippen LogP contribution in [-0.4, -0.2) is 43.2 Å². The molecular weight excluding hydrogens is 344 g/mol. The summed E-state index contributed by atoms with van der Waals surface area (Å²) in [5.74, 6) is 0.892. The topological polar surface area (TPSA) is 105 Å². The Labute approximate surface area is 146 Å². The van der Waals surface area contributed by atoms with Crippen molar-refractivity contribution in [3.8, 4) is 0 Å². The third kappa shape index (κ3) is 4.37. The second kappa shape index (κ2) is 7.66. The van der Waals surface area contributed by atoms with E-state index in [2.05, 4.69) is 15.6 Å². The number of aromatic nitrogens is 1. The molecule has 0 radical (unpaired) electrons. The minimum Gasteiger partial charge on any atom is -0.467 e. The van der Waals surface area contributed by atoms with Gasteiger partial charge in [-0.2, -0.15) is 4.31 Å². The molecule has 9 heteroatoms. The Balaban J connectivity index is 1.51. The molecule has 2 aromatic heterocycles. The third-order valence-corrected chi connectivity index (χ3v) is 5.79. The maximum Gasteiger partial charge on any atom is 0.244 e. The highest BCUT2D eigenvalue weighted by molar-refractivity contribution is 7.89. The number of carbonyl (C=O) groups is 1. The first-order valence-electron chi connectivity index (χ1n) is 8.05. The monoisotopic (exact) mass is 364 g/mol. The number of nitrogens with zero attached hydrogens (tertiary/aromatic N) is 2. The van der Waals surface area contributed by atoms with Gasteiger partial charge in [-0.25, -0.2) is 13.4 Å². The number of nitrogens with one attached hydrogen (secondary N) is 2. The van der Waals surface area contributed by atoms with Crippen molar-refractivity contribution in [2.24, 2.45) is 0 Å². The lowest BCUT2D eigenvalue weighted by molar-refractivity contribution is -0.119. The van der Waals surface area contributed by atoms with Gasteiger partial charge in [-0.05, 0) is 37.1 Å². The minimum atomic E-state index is -3.47. The van der Waals surface area contributed by atoms with Crippen LogP contribution in [0, 0.1) is 0 Å². The van der Waals surface area contributed by atoms with E-state index >= 15 is 0 Å².